The number of anilines is 2. The van der Waals surface area contributed by atoms with Crippen molar-refractivity contribution in [3.63, 3.8) is 0 Å². The van der Waals surface area contributed by atoms with Crippen LogP contribution < -0.4 is 20.4 Å². The SMILES string of the molecule is CCOC(=O)NCC1CN(c2cc(F)c(N3CCN(C(=O)C(C)NC=O)CC3)c(F)c2)C(=O)O1.Cc1cccnc1. The molecule has 14 heteroatoms. The topological polar surface area (TPSA) is 133 Å². The van der Waals surface area contributed by atoms with Crippen LogP contribution in [0.3, 0.4) is 0 Å². The number of pyridine rings is 1. The van der Waals surface area contributed by atoms with Gasteiger partial charge in [0.2, 0.25) is 12.3 Å². The van der Waals surface area contributed by atoms with Crippen molar-refractivity contribution in [1.29, 1.82) is 0 Å². The average molecular weight is 577 g/mol. The Morgan fingerprint density at radius 2 is 1.90 bits per heavy atom. The van der Waals surface area contributed by atoms with E-state index in [0.29, 0.717) is 6.41 Å². The molecule has 2 atom stereocenters. The van der Waals surface area contributed by atoms with Gasteiger partial charge in [-0.25, -0.2) is 18.4 Å². The first kappa shape index (κ1) is 31.0. The van der Waals surface area contributed by atoms with E-state index in [0.717, 1.165) is 17.0 Å². The maximum Gasteiger partial charge on any atom is 0.414 e. The number of alkyl carbamates (subject to hydrolysis) is 1. The van der Waals surface area contributed by atoms with Gasteiger partial charge >= 0.3 is 12.2 Å². The molecule has 2 aliphatic rings. The molecule has 12 nitrogen and oxygen atoms in total. The van der Waals surface area contributed by atoms with Crippen molar-refractivity contribution in [2.45, 2.75) is 32.9 Å². The van der Waals surface area contributed by atoms with Crippen LogP contribution in [-0.4, -0.2) is 92.4 Å². The predicted molar refractivity (Wildman–Crippen MR) is 145 cm³/mol. The standard InChI is InChI=1S/C21H27F2N5O6.C6H7N/c1-3-33-20(31)24-10-15-11-28(21(32)34-15)14-8-16(22)18(17(23)9-14)26-4-6-27(7-5-26)19(30)13(2)25-12-29;1-6-3-2-4-7-5-6/h8-9,12-13,15H,3-7,10-11H2,1-2H3,(H,24,31)(H,25,29);2-5H,1H3. The quantitative estimate of drug-likeness (QED) is 0.457. The van der Waals surface area contributed by atoms with E-state index >= 15 is 0 Å². The van der Waals surface area contributed by atoms with Crippen molar-refractivity contribution in [3.05, 3.63) is 53.9 Å². The van der Waals surface area contributed by atoms with Gasteiger partial charge in [0, 0.05) is 50.7 Å². The van der Waals surface area contributed by atoms with Gasteiger partial charge in [0.15, 0.2) is 11.6 Å². The van der Waals surface area contributed by atoms with Crippen LogP contribution in [0.1, 0.15) is 19.4 Å². The molecule has 2 unspecified atom stereocenters. The van der Waals surface area contributed by atoms with Gasteiger partial charge < -0.3 is 29.9 Å². The average Bonchev–Trinajstić information content (AvgIpc) is 3.33. The largest absolute Gasteiger partial charge is 0.450 e. The molecule has 4 rings (SSSR count). The second-order valence-corrected chi connectivity index (χ2v) is 9.32. The van der Waals surface area contributed by atoms with Gasteiger partial charge in [-0.2, -0.15) is 0 Å². The van der Waals surface area contributed by atoms with Crippen molar-refractivity contribution in [2.24, 2.45) is 0 Å². The molecular weight excluding hydrogens is 542 g/mol. The number of rotatable bonds is 8. The number of carbonyl (C=O) groups excluding carboxylic acids is 4. The second kappa shape index (κ2) is 14.8. The van der Waals surface area contributed by atoms with E-state index < -0.39 is 36.0 Å². The number of nitrogens with one attached hydrogen (secondary N) is 2. The number of hydrogen-bond acceptors (Lipinski definition) is 8. The normalized spacial score (nSPS) is 17.1. The number of halogens is 2. The lowest BCUT2D eigenvalue weighted by molar-refractivity contribution is -0.134. The summed E-state index contributed by atoms with van der Waals surface area (Å²) in [6.07, 6.45) is 1.90. The van der Waals surface area contributed by atoms with E-state index in [4.69, 9.17) is 9.47 Å². The highest BCUT2D eigenvalue weighted by Crippen LogP contribution is 2.31. The van der Waals surface area contributed by atoms with Gasteiger partial charge in [-0.15, -0.1) is 0 Å². The van der Waals surface area contributed by atoms with Crippen LogP contribution in [-0.2, 0) is 19.1 Å². The summed E-state index contributed by atoms with van der Waals surface area (Å²) in [7, 11) is 0. The number of amides is 4. The molecule has 0 spiro atoms. The summed E-state index contributed by atoms with van der Waals surface area (Å²) in [5.41, 5.74) is 0.954. The molecule has 1 aromatic heterocycles. The minimum Gasteiger partial charge on any atom is -0.450 e. The van der Waals surface area contributed by atoms with E-state index in [1.165, 1.54) is 15.4 Å². The molecular formula is C27H34F2N6O6. The van der Waals surface area contributed by atoms with Crippen LogP contribution in [0.15, 0.2) is 36.7 Å². The van der Waals surface area contributed by atoms with Crippen molar-refractivity contribution in [1.82, 2.24) is 20.5 Å². The van der Waals surface area contributed by atoms with Gasteiger partial charge in [-0.05, 0) is 32.4 Å². The Balaban J connectivity index is 0.000000575. The number of cyclic esters (lactones) is 1. The molecule has 222 valence electrons. The second-order valence-electron chi connectivity index (χ2n) is 9.32. The lowest BCUT2D eigenvalue weighted by Gasteiger charge is -2.37. The van der Waals surface area contributed by atoms with Crippen molar-refractivity contribution < 1.29 is 37.4 Å². The van der Waals surface area contributed by atoms with E-state index in [2.05, 4.69) is 15.6 Å². The molecule has 1 aromatic carbocycles. The number of ether oxygens (including phenoxy) is 2. The van der Waals surface area contributed by atoms with E-state index in [1.807, 2.05) is 25.3 Å². The highest BCUT2D eigenvalue weighted by Gasteiger charge is 2.34. The van der Waals surface area contributed by atoms with E-state index in [-0.39, 0.29) is 63.2 Å². The molecule has 2 fully saturated rings. The fraction of sp³-hybridized carbons (Fsp3) is 0.444. The molecule has 0 radical (unpaired) electrons. The van der Waals surface area contributed by atoms with Crippen LogP contribution in [0, 0.1) is 18.6 Å². The minimum atomic E-state index is -0.855. The number of benzene rings is 1. The maximum absolute atomic E-state index is 14.9. The van der Waals surface area contributed by atoms with Crippen molar-refractivity contribution >= 4 is 35.9 Å². The summed E-state index contributed by atoms with van der Waals surface area (Å²) in [6.45, 7) is 6.27. The van der Waals surface area contributed by atoms with Gasteiger partial charge in [-0.3, -0.25) is 19.5 Å². The molecule has 3 heterocycles. The van der Waals surface area contributed by atoms with Gasteiger partial charge in [0.05, 0.1) is 25.4 Å². The van der Waals surface area contributed by atoms with Gasteiger partial charge in [0.25, 0.3) is 0 Å². The Morgan fingerprint density at radius 3 is 2.44 bits per heavy atom. The summed E-state index contributed by atoms with van der Waals surface area (Å²) < 4.78 is 39.8. The van der Waals surface area contributed by atoms with Gasteiger partial charge in [0.1, 0.15) is 17.8 Å². The zero-order valence-corrected chi connectivity index (χ0v) is 23.1. The van der Waals surface area contributed by atoms with Gasteiger partial charge in [-0.1, -0.05) is 6.07 Å². The predicted octanol–water partition coefficient (Wildman–Crippen LogP) is 2.21. The zero-order chi connectivity index (χ0) is 29.9. The zero-order valence-electron chi connectivity index (χ0n) is 23.1. The lowest BCUT2D eigenvalue weighted by Crippen LogP contribution is -2.53. The lowest BCUT2D eigenvalue weighted by atomic mass is 10.2. The third-order valence-corrected chi connectivity index (χ3v) is 6.34. The number of nitrogens with zero attached hydrogens (tertiary/aromatic N) is 4. The first-order valence-corrected chi connectivity index (χ1v) is 13.1. The Kier molecular flexibility index (Phi) is 11.2. The first-order valence-electron chi connectivity index (χ1n) is 13.1. The number of aryl methyl sites for hydroxylation is 1. The van der Waals surface area contributed by atoms with Crippen molar-refractivity contribution in [2.75, 3.05) is 55.7 Å². The Bertz CT molecular complexity index is 1190. The first-order chi connectivity index (χ1) is 19.6. The molecule has 41 heavy (non-hydrogen) atoms. The summed E-state index contributed by atoms with van der Waals surface area (Å²) in [5.74, 6) is -1.99. The fourth-order valence-corrected chi connectivity index (χ4v) is 4.27. The molecule has 0 bridgehead atoms. The summed E-state index contributed by atoms with van der Waals surface area (Å²) in [6, 6.07) is 5.36. The fourth-order valence-electron chi connectivity index (χ4n) is 4.27. The highest BCUT2D eigenvalue weighted by molar-refractivity contribution is 5.90. The number of piperazine rings is 1. The number of hydrogen-bond donors (Lipinski definition) is 2. The third-order valence-electron chi connectivity index (χ3n) is 6.34. The van der Waals surface area contributed by atoms with E-state index in [9.17, 15) is 28.0 Å². The molecule has 0 saturated carbocycles. The van der Waals surface area contributed by atoms with Crippen LogP contribution in [0.4, 0.5) is 29.7 Å². The summed E-state index contributed by atoms with van der Waals surface area (Å²) in [5, 5.41) is 4.84. The van der Waals surface area contributed by atoms with Crippen molar-refractivity contribution in [3.8, 4) is 0 Å². The monoisotopic (exact) mass is 576 g/mol. The summed E-state index contributed by atoms with van der Waals surface area (Å²) in [4.78, 5) is 54.4. The Labute approximate surface area is 236 Å². The number of carbonyl (C=O) groups is 4. The Morgan fingerprint density at radius 1 is 1.22 bits per heavy atom. The molecule has 2 saturated heterocycles. The molecule has 2 aromatic rings. The molecule has 4 amide bonds. The molecule has 2 N–H and O–H groups in total. The highest BCUT2D eigenvalue weighted by atomic mass is 19.1. The number of aromatic nitrogens is 1. The summed E-state index contributed by atoms with van der Waals surface area (Å²) >= 11 is 0. The van der Waals surface area contributed by atoms with Crippen LogP contribution in [0.5, 0.6) is 0 Å². The van der Waals surface area contributed by atoms with Crippen LogP contribution in [0.25, 0.3) is 0 Å². The van der Waals surface area contributed by atoms with Crippen LogP contribution >= 0.6 is 0 Å². The third kappa shape index (κ3) is 8.50. The smallest absolute Gasteiger partial charge is 0.414 e. The van der Waals surface area contributed by atoms with Crippen LogP contribution in [0.2, 0.25) is 0 Å². The molecule has 2 aliphatic heterocycles. The molecule has 0 aliphatic carbocycles. The minimum absolute atomic E-state index is 0.00272. The maximum atomic E-state index is 14.9. The van der Waals surface area contributed by atoms with E-state index in [1.54, 1.807) is 20.0 Å². The Hall–Kier alpha value is -4.49.